The lowest BCUT2D eigenvalue weighted by atomic mass is 10.1. The average molecular weight is 324 g/mol. The number of likely N-dealkylation sites (tertiary alicyclic amines) is 1. The van der Waals surface area contributed by atoms with Crippen LogP contribution in [0.5, 0.6) is 17.4 Å². The van der Waals surface area contributed by atoms with Crippen molar-refractivity contribution >= 4 is 12.0 Å². The number of benzene rings is 1. The summed E-state index contributed by atoms with van der Waals surface area (Å²) in [7, 11) is 0. The quantitative estimate of drug-likeness (QED) is 0.806. The number of aromatic nitrogens is 1. The molecule has 0 unspecified atom stereocenters. The number of amides is 1. The topological polar surface area (TPSA) is 60.9 Å². The molecule has 1 aromatic carbocycles. The highest BCUT2D eigenvalue weighted by Crippen LogP contribution is 2.32. The smallest absolute Gasteiger partial charge is 0.246 e. The van der Waals surface area contributed by atoms with Gasteiger partial charge in [-0.2, -0.15) is 0 Å². The van der Waals surface area contributed by atoms with E-state index < -0.39 is 0 Å². The van der Waals surface area contributed by atoms with Crippen LogP contribution in [0.15, 0.2) is 48.7 Å². The fourth-order valence-electron chi connectivity index (χ4n) is 2.57. The summed E-state index contributed by atoms with van der Waals surface area (Å²) < 4.78 is 16.3. The summed E-state index contributed by atoms with van der Waals surface area (Å²) in [5.74, 6) is 1.99. The van der Waals surface area contributed by atoms with Crippen LogP contribution in [0.4, 0.5) is 0 Å². The van der Waals surface area contributed by atoms with Gasteiger partial charge in [-0.3, -0.25) is 4.79 Å². The van der Waals surface area contributed by atoms with Crippen molar-refractivity contribution in [2.45, 2.75) is 6.10 Å². The Labute approximate surface area is 139 Å². The summed E-state index contributed by atoms with van der Waals surface area (Å²) in [4.78, 5) is 18.0. The zero-order chi connectivity index (χ0) is 16.4. The van der Waals surface area contributed by atoms with Crippen molar-refractivity contribution in [3.63, 3.8) is 0 Å². The minimum absolute atomic E-state index is 0.00259. The predicted molar refractivity (Wildman–Crippen MR) is 86.8 cm³/mol. The Morgan fingerprint density at radius 3 is 2.92 bits per heavy atom. The van der Waals surface area contributed by atoms with E-state index in [0.717, 1.165) is 11.3 Å². The van der Waals surface area contributed by atoms with Crippen LogP contribution in [0, 0.1) is 0 Å². The van der Waals surface area contributed by atoms with Gasteiger partial charge in [0.05, 0.1) is 13.1 Å². The van der Waals surface area contributed by atoms with Crippen LogP contribution >= 0.6 is 0 Å². The zero-order valence-electron chi connectivity index (χ0n) is 12.9. The maximum Gasteiger partial charge on any atom is 0.246 e. The van der Waals surface area contributed by atoms with E-state index in [1.54, 1.807) is 23.2 Å². The first-order valence-corrected chi connectivity index (χ1v) is 7.72. The Bertz CT molecular complexity index is 770. The summed E-state index contributed by atoms with van der Waals surface area (Å²) in [6.07, 6.45) is 5.03. The number of carbonyl (C=O) groups excluding carboxylic acids is 1. The third kappa shape index (κ3) is 3.03. The molecular formula is C18H16N2O4. The molecule has 6 nitrogen and oxygen atoms in total. The van der Waals surface area contributed by atoms with Gasteiger partial charge in [-0.1, -0.05) is 12.1 Å². The summed E-state index contributed by atoms with van der Waals surface area (Å²) in [5.41, 5.74) is 0.898. The standard InChI is InChI=1S/C18H16N2O4/c21-18(7-5-13-4-6-15-16(9-13)23-12-22-15)20-10-14(11-20)24-17-3-1-2-8-19-17/h1-9,14H,10-12H2/b7-5+. The molecule has 1 fully saturated rings. The van der Waals surface area contributed by atoms with E-state index in [1.807, 2.05) is 36.4 Å². The summed E-state index contributed by atoms with van der Waals surface area (Å²) in [5, 5.41) is 0. The molecule has 2 aromatic rings. The minimum Gasteiger partial charge on any atom is -0.471 e. The third-order valence-electron chi connectivity index (χ3n) is 3.90. The van der Waals surface area contributed by atoms with Gasteiger partial charge in [0.25, 0.3) is 0 Å². The van der Waals surface area contributed by atoms with E-state index in [-0.39, 0.29) is 18.8 Å². The maximum atomic E-state index is 12.1. The molecule has 2 aliphatic heterocycles. The van der Waals surface area contributed by atoms with E-state index in [9.17, 15) is 4.79 Å². The number of fused-ring (bicyclic) bond motifs is 1. The second kappa shape index (κ2) is 6.23. The number of hydrogen-bond acceptors (Lipinski definition) is 5. The van der Waals surface area contributed by atoms with Crippen LogP contribution in [-0.2, 0) is 4.79 Å². The monoisotopic (exact) mass is 324 g/mol. The highest BCUT2D eigenvalue weighted by molar-refractivity contribution is 5.92. The van der Waals surface area contributed by atoms with Gasteiger partial charge in [0.2, 0.25) is 18.6 Å². The van der Waals surface area contributed by atoms with Crippen LogP contribution in [0.1, 0.15) is 5.56 Å². The maximum absolute atomic E-state index is 12.1. The first-order chi connectivity index (χ1) is 11.8. The van der Waals surface area contributed by atoms with Gasteiger partial charge in [-0.15, -0.1) is 0 Å². The Kier molecular flexibility index (Phi) is 3.78. The van der Waals surface area contributed by atoms with Crippen molar-refractivity contribution < 1.29 is 19.0 Å². The van der Waals surface area contributed by atoms with Gasteiger partial charge in [-0.25, -0.2) is 4.98 Å². The molecule has 0 bridgehead atoms. The lowest BCUT2D eigenvalue weighted by molar-refractivity contribution is -0.134. The first kappa shape index (κ1) is 14.6. The summed E-state index contributed by atoms with van der Waals surface area (Å²) in [6, 6.07) is 11.1. The van der Waals surface area contributed by atoms with Crippen molar-refractivity contribution in [3.8, 4) is 17.4 Å². The van der Waals surface area contributed by atoms with Crippen molar-refractivity contribution in [3.05, 3.63) is 54.2 Å². The highest BCUT2D eigenvalue weighted by atomic mass is 16.7. The molecule has 0 atom stereocenters. The van der Waals surface area contributed by atoms with Gasteiger partial charge in [0.1, 0.15) is 6.10 Å². The molecular weight excluding hydrogens is 308 g/mol. The predicted octanol–water partition coefficient (Wildman–Crippen LogP) is 2.11. The SMILES string of the molecule is O=C(/C=C/c1ccc2c(c1)OCO2)N1CC(Oc2ccccn2)C1. The summed E-state index contributed by atoms with van der Waals surface area (Å²) in [6.45, 7) is 1.38. The van der Waals surface area contributed by atoms with Crippen LogP contribution < -0.4 is 14.2 Å². The average Bonchev–Trinajstić information content (AvgIpc) is 3.04. The Balaban J connectivity index is 1.30. The van der Waals surface area contributed by atoms with Gasteiger partial charge in [-0.05, 0) is 29.8 Å². The number of carbonyl (C=O) groups is 1. The second-order valence-electron chi connectivity index (χ2n) is 5.60. The van der Waals surface area contributed by atoms with E-state index in [4.69, 9.17) is 14.2 Å². The van der Waals surface area contributed by atoms with Crippen molar-refractivity contribution in [2.24, 2.45) is 0 Å². The largest absolute Gasteiger partial charge is 0.471 e. The molecule has 3 heterocycles. The van der Waals surface area contributed by atoms with E-state index in [1.165, 1.54) is 0 Å². The van der Waals surface area contributed by atoms with Crippen molar-refractivity contribution in [1.29, 1.82) is 0 Å². The molecule has 0 radical (unpaired) electrons. The number of hydrogen-bond donors (Lipinski definition) is 0. The molecule has 1 amide bonds. The van der Waals surface area contributed by atoms with Gasteiger partial charge in [0, 0.05) is 18.3 Å². The molecule has 0 spiro atoms. The molecule has 122 valence electrons. The van der Waals surface area contributed by atoms with E-state index in [2.05, 4.69) is 4.98 Å². The molecule has 1 aromatic heterocycles. The second-order valence-corrected chi connectivity index (χ2v) is 5.60. The lowest BCUT2D eigenvalue weighted by Gasteiger charge is -2.38. The Hall–Kier alpha value is -3.02. The molecule has 2 aliphatic rings. The fourth-order valence-corrected chi connectivity index (χ4v) is 2.57. The number of nitrogens with zero attached hydrogens (tertiary/aromatic N) is 2. The minimum atomic E-state index is -0.0338. The molecule has 0 aliphatic carbocycles. The molecule has 1 saturated heterocycles. The van der Waals surface area contributed by atoms with Crippen molar-refractivity contribution in [1.82, 2.24) is 9.88 Å². The number of rotatable bonds is 4. The molecule has 4 rings (SSSR count). The Morgan fingerprint density at radius 2 is 2.08 bits per heavy atom. The van der Waals surface area contributed by atoms with E-state index in [0.29, 0.717) is 24.7 Å². The van der Waals surface area contributed by atoms with Crippen LogP contribution in [-0.4, -0.2) is 41.8 Å². The number of pyridine rings is 1. The van der Waals surface area contributed by atoms with Crippen LogP contribution in [0.25, 0.3) is 6.08 Å². The van der Waals surface area contributed by atoms with Gasteiger partial charge in [0.15, 0.2) is 11.5 Å². The zero-order valence-corrected chi connectivity index (χ0v) is 12.9. The summed E-state index contributed by atoms with van der Waals surface area (Å²) >= 11 is 0. The normalized spacial score (nSPS) is 16.2. The Morgan fingerprint density at radius 1 is 1.21 bits per heavy atom. The number of ether oxygens (including phenoxy) is 3. The molecule has 6 heteroatoms. The molecule has 0 N–H and O–H groups in total. The lowest BCUT2D eigenvalue weighted by Crippen LogP contribution is -2.55. The van der Waals surface area contributed by atoms with E-state index >= 15 is 0 Å². The third-order valence-corrected chi connectivity index (χ3v) is 3.90. The molecule has 24 heavy (non-hydrogen) atoms. The van der Waals surface area contributed by atoms with Crippen LogP contribution in [0.3, 0.4) is 0 Å². The van der Waals surface area contributed by atoms with Gasteiger partial charge >= 0.3 is 0 Å². The highest BCUT2D eigenvalue weighted by Gasteiger charge is 2.31. The van der Waals surface area contributed by atoms with Crippen LogP contribution in [0.2, 0.25) is 0 Å². The van der Waals surface area contributed by atoms with Gasteiger partial charge < -0.3 is 19.1 Å². The van der Waals surface area contributed by atoms with Crippen molar-refractivity contribution in [2.75, 3.05) is 19.9 Å². The molecule has 0 saturated carbocycles. The first-order valence-electron chi connectivity index (χ1n) is 7.72. The fraction of sp³-hybridized carbons (Fsp3) is 0.222.